The van der Waals surface area contributed by atoms with Crippen molar-refractivity contribution in [1.82, 2.24) is 5.32 Å². The molecule has 0 aromatic carbocycles. The van der Waals surface area contributed by atoms with Crippen molar-refractivity contribution < 1.29 is 4.79 Å². The Morgan fingerprint density at radius 3 is 1.83 bits per heavy atom. The molecule has 1 amide bonds. The molecule has 0 radical (unpaired) electrons. The van der Waals surface area contributed by atoms with Crippen molar-refractivity contribution in [2.75, 3.05) is 6.54 Å². The Labute approximate surface area is 76.7 Å². The van der Waals surface area contributed by atoms with E-state index in [0.29, 0.717) is 5.92 Å². The van der Waals surface area contributed by atoms with Gasteiger partial charge in [0.1, 0.15) is 0 Å². The van der Waals surface area contributed by atoms with Crippen LogP contribution in [0.25, 0.3) is 0 Å². The molecule has 0 heterocycles. The SMILES string of the molecule is CC.CC(C)CNC(=O)C(C)C. The van der Waals surface area contributed by atoms with Crippen molar-refractivity contribution >= 4 is 5.91 Å². The monoisotopic (exact) mass is 173 g/mol. The molecule has 0 atom stereocenters. The Balaban J connectivity index is 0. The molecule has 0 aromatic rings. The maximum Gasteiger partial charge on any atom is 0.222 e. The zero-order valence-electron chi connectivity index (χ0n) is 9.27. The molecule has 0 fully saturated rings. The quantitative estimate of drug-likeness (QED) is 0.698. The van der Waals surface area contributed by atoms with Gasteiger partial charge >= 0.3 is 0 Å². The second-order valence-electron chi connectivity index (χ2n) is 3.29. The summed E-state index contributed by atoms with van der Waals surface area (Å²) in [5, 5.41) is 2.84. The Kier molecular flexibility index (Phi) is 10.0. The van der Waals surface area contributed by atoms with Crippen molar-refractivity contribution in [2.24, 2.45) is 11.8 Å². The van der Waals surface area contributed by atoms with Gasteiger partial charge in [0, 0.05) is 12.5 Å². The maximum atomic E-state index is 10.9. The van der Waals surface area contributed by atoms with Gasteiger partial charge in [0.2, 0.25) is 5.91 Å². The van der Waals surface area contributed by atoms with E-state index in [0.717, 1.165) is 6.54 Å². The van der Waals surface area contributed by atoms with Crippen LogP contribution in [0, 0.1) is 11.8 Å². The Hall–Kier alpha value is -0.530. The van der Waals surface area contributed by atoms with Crippen molar-refractivity contribution in [1.29, 1.82) is 0 Å². The van der Waals surface area contributed by atoms with Gasteiger partial charge in [-0.1, -0.05) is 41.5 Å². The van der Waals surface area contributed by atoms with Gasteiger partial charge in [-0.2, -0.15) is 0 Å². The minimum absolute atomic E-state index is 0.110. The first kappa shape index (κ1) is 14.0. The van der Waals surface area contributed by atoms with E-state index in [-0.39, 0.29) is 11.8 Å². The summed E-state index contributed by atoms with van der Waals surface area (Å²) < 4.78 is 0. The van der Waals surface area contributed by atoms with Crippen LogP contribution in [-0.2, 0) is 4.79 Å². The first-order chi connectivity index (χ1) is 5.54. The fourth-order valence-electron chi connectivity index (χ4n) is 0.509. The van der Waals surface area contributed by atoms with Crippen molar-refractivity contribution in [3.8, 4) is 0 Å². The van der Waals surface area contributed by atoms with Gasteiger partial charge in [-0.15, -0.1) is 0 Å². The molecule has 0 unspecified atom stereocenters. The molecule has 2 heteroatoms. The first-order valence-corrected chi connectivity index (χ1v) is 4.81. The van der Waals surface area contributed by atoms with Crippen LogP contribution in [0.1, 0.15) is 41.5 Å². The number of carbonyl (C=O) groups excluding carboxylic acids is 1. The maximum absolute atomic E-state index is 10.9. The molecule has 0 aliphatic rings. The van der Waals surface area contributed by atoms with Gasteiger partial charge in [-0.05, 0) is 5.92 Å². The molecule has 12 heavy (non-hydrogen) atoms. The topological polar surface area (TPSA) is 29.1 Å². The average molecular weight is 173 g/mol. The summed E-state index contributed by atoms with van der Waals surface area (Å²) >= 11 is 0. The highest BCUT2D eigenvalue weighted by Crippen LogP contribution is 1.92. The van der Waals surface area contributed by atoms with Gasteiger partial charge in [-0.3, -0.25) is 4.79 Å². The summed E-state index contributed by atoms with van der Waals surface area (Å²) in [4.78, 5) is 10.9. The van der Waals surface area contributed by atoms with Crippen molar-refractivity contribution in [2.45, 2.75) is 41.5 Å². The summed E-state index contributed by atoms with van der Waals surface area (Å²) in [6.07, 6.45) is 0. The number of amides is 1. The molecule has 0 bridgehead atoms. The van der Waals surface area contributed by atoms with Crippen LogP contribution in [0.15, 0.2) is 0 Å². The molecule has 2 nitrogen and oxygen atoms in total. The van der Waals surface area contributed by atoms with E-state index < -0.39 is 0 Å². The molecule has 0 saturated carbocycles. The standard InChI is InChI=1S/C8H17NO.C2H6/c1-6(2)5-9-8(10)7(3)4;1-2/h6-7H,5H2,1-4H3,(H,9,10);1-2H3. The summed E-state index contributed by atoms with van der Waals surface area (Å²) in [6, 6.07) is 0. The summed E-state index contributed by atoms with van der Waals surface area (Å²) in [6.45, 7) is 12.8. The molecule has 0 spiro atoms. The zero-order valence-corrected chi connectivity index (χ0v) is 9.27. The minimum Gasteiger partial charge on any atom is -0.356 e. The Morgan fingerprint density at radius 2 is 1.58 bits per heavy atom. The smallest absolute Gasteiger partial charge is 0.222 e. The minimum atomic E-state index is 0.110. The van der Waals surface area contributed by atoms with E-state index in [4.69, 9.17) is 0 Å². The van der Waals surface area contributed by atoms with Crippen molar-refractivity contribution in [3.05, 3.63) is 0 Å². The second kappa shape index (κ2) is 8.57. The van der Waals surface area contributed by atoms with Gasteiger partial charge in [0.25, 0.3) is 0 Å². The van der Waals surface area contributed by atoms with Crippen LogP contribution < -0.4 is 5.32 Å². The lowest BCUT2D eigenvalue weighted by atomic mass is 10.2. The summed E-state index contributed by atoms with van der Waals surface area (Å²) in [5.41, 5.74) is 0. The van der Waals surface area contributed by atoms with Gasteiger partial charge in [-0.25, -0.2) is 0 Å². The van der Waals surface area contributed by atoms with E-state index in [9.17, 15) is 4.79 Å². The fourth-order valence-corrected chi connectivity index (χ4v) is 0.509. The lowest BCUT2D eigenvalue weighted by molar-refractivity contribution is -0.124. The highest BCUT2D eigenvalue weighted by Gasteiger charge is 2.05. The third-order valence-corrected chi connectivity index (χ3v) is 1.21. The van der Waals surface area contributed by atoms with Crippen LogP contribution >= 0.6 is 0 Å². The number of rotatable bonds is 3. The van der Waals surface area contributed by atoms with E-state index >= 15 is 0 Å². The van der Waals surface area contributed by atoms with Crippen LogP contribution in [0.3, 0.4) is 0 Å². The van der Waals surface area contributed by atoms with Gasteiger partial charge in [0.05, 0.1) is 0 Å². The Morgan fingerprint density at radius 1 is 1.17 bits per heavy atom. The van der Waals surface area contributed by atoms with E-state index in [1.807, 2.05) is 27.7 Å². The van der Waals surface area contributed by atoms with Crippen molar-refractivity contribution in [3.63, 3.8) is 0 Å². The highest BCUT2D eigenvalue weighted by atomic mass is 16.1. The van der Waals surface area contributed by atoms with Crippen LogP contribution in [0.5, 0.6) is 0 Å². The molecule has 0 aliphatic heterocycles. The summed E-state index contributed by atoms with van der Waals surface area (Å²) in [7, 11) is 0. The van der Waals surface area contributed by atoms with E-state index in [1.165, 1.54) is 0 Å². The van der Waals surface area contributed by atoms with Gasteiger partial charge < -0.3 is 5.32 Å². The highest BCUT2D eigenvalue weighted by molar-refractivity contribution is 5.77. The third-order valence-electron chi connectivity index (χ3n) is 1.21. The lowest BCUT2D eigenvalue weighted by Gasteiger charge is -2.08. The number of hydrogen-bond acceptors (Lipinski definition) is 1. The number of carbonyl (C=O) groups is 1. The average Bonchev–Trinajstić information content (AvgIpc) is 2.03. The van der Waals surface area contributed by atoms with Crippen LogP contribution in [0.2, 0.25) is 0 Å². The molecule has 0 rings (SSSR count). The predicted molar refractivity (Wildman–Crippen MR) is 54.0 cm³/mol. The molecular weight excluding hydrogens is 150 g/mol. The van der Waals surface area contributed by atoms with E-state index in [2.05, 4.69) is 19.2 Å². The number of hydrogen-bond donors (Lipinski definition) is 1. The van der Waals surface area contributed by atoms with Gasteiger partial charge in [0.15, 0.2) is 0 Å². The van der Waals surface area contributed by atoms with E-state index in [1.54, 1.807) is 0 Å². The molecule has 1 N–H and O–H groups in total. The van der Waals surface area contributed by atoms with Crippen LogP contribution in [-0.4, -0.2) is 12.5 Å². The molecule has 74 valence electrons. The normalized spacial score (nSPS) is 9.33. The molecular formula is C10H23NO. The second-order valence-corrected chi connectivity index (χ2v) is 3.29. The summed E-state index contributed by atoms with van der Waals surface area (Å²) in [5.74, 6) is 0.801. The predicted octanol–water partition coefficient (Wildman–Crippen LogP) is 2.44. The lowest BCUT2D eigenvalue weighted by Crippen LogP contribution is -2.30. The zero-order chi connectivity index (χ0) is 10.1. The molecule has 0 saturated heterocycles. The molecule has 0 aliphatic carbocycles. The third kappa shape index (κ3) is 9.47. The van der Waals surface area contributed by atoms with Crippen LogP contribution in [0.4, 0.5) is 0 Å². The Bertz CT molecular complexity index is 108. The molecule has 0 aromatic heterocycles. The first-order valence-electron chi connectivity index (χ1n) is 4.81. The largest absolute Gasteiger partial charge is 0.356 e. The number of nitrogens with one attached hydrogen (secondary N) is 1. The fraction of sp³-hybridized carbons (Fsp3) is 0.900.